The Morgan fingerprint density at radius 1 is 1.31 bits per heavy atom. The van der Waals surface area contributed by atoms with Crippen LogP contribution in [0.3, 0.4) is 0 Å². The summed E-state index contributed by atoms with van der Waals surface area (Å²) in [5, 5.41) is 4.45. The standard InChI is InChI=1S/C22H27ClN2O3S/c1-5-8-11-25-18(13-16(26)15-12-14(23)9-10-17(15)28-4)29-20-19(25)21(27)24-22(20,6-2)7-3/h9-10,12-13H,5-8,11H2,1-4H3,(H,24,27). The third-order valence-electron chi connectivity index (χ3n) is 5.58. The van der Waals surface area contributed by atoms with Crippen molar-refractivity contribution in [2.45, 2.75) is 52.0 Å². The molecule has 0 saturated heterocycles. The van der Waals surface area contributed by atoms with Crippen molar-refractivity contribution < 1.29 is 14.3 Å². The molecule has 1 aromatic rings. The molecule has 0 spiro atoms. The molecule has 1 amide bonds. The van der Waals surface area contributed by atoms with Crippen LogP contribution in [0, 0.1) is 0 Å². The van der Waals surface area contributed by atoms with Gasteiger partial charge in [-0.15, -0.1) is 0 Å². The molecule has 2 aliphatic rings. The number of carbonyl (C=O) groups excluding carboxylic acids is 2. The molecule has 29 heavy (non-hydrogen) atoms. The minimum absolute atomic E-state index is 0.0523. The first kappa shape index (κ1) is 21.8. The lowest BCUT2D eigenvalue weighted by atomic mass is 9.94. The number of hydrogen-bond acceptors (Lipinski definition) is 5. The van der Waals surface area contributed by atoms with E-state index in [2.05, 4.69) is 26.1 Å². The van der Waals surface area contributed by atoms with Gasteiger partial charge in [0.25, 0.3) is 5.91 Å². The van der Waals surface area contributed by atoms with Gasteiger partial charge in [-0.25, -0.2) is 0 Å². The van der Waals surface area contributed by atoms with Gasteiger partial charge in [0.15, 0.2) is 5.78 Å². The second-order valence-corrected chi connectivity index (χ2v) is 8.69. The van der Waals surface area contributed by atoms with E-state index >= 15 is 0 Å². The molecule has 1 N–H and O–H groups in total. The number of amides is 1. The molecule has 0 aromatic heterocycles. The average molecular weight is 435 g/mol. The van der Waals surface area contributed by atoms with Crippen LogP contribution in [0.2, 0.25) is 5.02 Å². The summed E-state index contributed by atoms with van der Waals surface area (Å²) in [6.07, 6.45) is 5.16. The molecule has 0 aliphatic carbocycles. The second kappa shape index (κ2) is 8.84. The predicted octanol–water partition coefficient (Wildman–Crippen LogP) is 5.12. The summed E-state index contributed by atoms with van der Waals surface area (Å²) < 4.78 is 5.33. The fourth-order valence-electron chi connectivity index (χ4n) is 3.78. The van der Waals surface area contributed by atoms with Crippen molar-refractivity contribution in [2.24, 2.45) is 0 Å². The Balaban J connectivity index is 2.00. The van der Waals surface area contributed by atoms with Crippen molar-refractivity contribution in [2.75, 3.05) is 13.7 Å². The van der Waals surface area contributed by atoms with Crippen LogP contribution in [0.1, 0.15) is 56.8 Å². The highest BCUT2D eigenvalue weighted by Gasteiger charge is 2.49. The number of thioether (sulfide) groups is 1. The van der Waals surface area contributed by atoms with E-state index in [9.17, 15) is 9.59 Å². The molecule has 7 heteroatoms. The van der Waals surface area contributed by atoms with Gasteiger partial charge in [0, 0.05) is 22.5 Å². The molecule has 3 rings (SSSR count). The highest BCUT2D eigenvalue weighted by Crippen LogP contribution is 2.51. The number of hydrogen-bond donors (Lipinski definition) is 1. The van der Waals surface area contributed by atoms with Crippen LogP contribution in [0.25, 0.3) is 0 Å². The summed E-state index contributed by atoms with van der Waals surface area (Å²) in [4.78, 5) is 28.9. The maximum atomic E-state index is 13.1. The zero-order chi connectivity index (χ0) is 21.2. The Morgan fingerprint density at radius 2 is 2.03 bits per heavy atom. The first-order valence-electron chi connectivity index (χ1n) is 10.0. The van der Waals surface area contributed by atoms with Gasteiger partial charge >= 0.3 is 0 Å². The Kier molecular flexibility index (Phi) is 6.64. The molecule has 0 radical (unpaired) electrons. The summed E-state index contributed by atoms with van der Waals surface area (Å²) in [5.41, 5.74) is 0.759. The molecular weight excluding hydrogens is 408 g/mol. The van der Waals surface area contributed by atoms with E-state index in [-0.39, 0.29) is 17.2 Å². The molecular formula is C22H27ClN2O3S. The van der Waals surface area contributed by atoms with Gasteiger partial charge in [0.05, 0.1) is 23.2 Å². The van der Waals surface area contributed by atoms with Crippen molar-refractivity contribution in [1.29, 1.82) is 0 Å². The first-order chi connectivity index (χ1) is 13.9. The average Bonchev–Trinajstić information content (AvgIpc) is 3.21. The Labute approximate surface area is 181 Å². The van der Waals surface area contributed by atoms with Crippen LogP contribution < -0.4 is 10.1 Å². The van der Waals surface area contributed by atoms with Crippen LogP contribution >= 0.6 is 23.4 Å². The van der Waals surface area contributed by atoms with Gasteiger partial charge in [0.2, 0.25) is 0 Å². The van der Waals surface area contributed by atoms with Gasteiger partial charge in [-0.3, -0.25) is 9.59 Å². The molecule has 156 valence electrons. The zero-order valence-electron chi connectivity index (χ0n) is 17.3. The number of ketones is 1. The van der Waals surface area contributed by atoms with Crippen LogP contribution in [0.4, 0.5) is 0 Å². The number of allylic oxidation sites excluding steroid dienone is 1. The number of benzene rings is 1. The number of ether oxygens (including phenoxy) is 1. The topological polar surface area (TPSA) is 58.6 Å². The summed E-state index contributed by atoms with van der Waals surface area (Å²) >= 11 is 7.63. The molecule has 0 fully saturated rings. The minimum Gasteiger partial charge on any atom is -0.496 e. The lowest BCUT2D eigenvalue weighted by molar-refractivity contribution is -0.119. The lowest BCUT2D eigenvalue weighted by Crippen LogP contribution is -2.44. The number of methoxy groups -OCH3 is 1. The molecule has 2 heterocycles. The second-order valence-electron chi connectivity index (χ2n) is 7.22. The smallest absolute Gasteiger partial charge is 0.269 e. The molecule has 0 atom stereocenters. The van der Waals surface area contributed by atoms with E-state index < -0.39 is 0 Å². The zero-order valence-corrected chi connectivity index (χ0v) is 18.9. The first-order valence-corrected chi connectivity index (χ1v) is 11.2. The molecule has 2 aliphatic heterocycles. The van der Waals surface area contributed by atoms with Crippen LogP contribution in [-0.2, 0) is 4.79 Å². The van der Waals surface area contributed by atoms with Crippen molar-refractivity contribution >= 4 is 35.1 Å². The van der Waals surface area contributed by atoms with E-state index in [1.165, 1.54) is 18.9 Å². The van der Waals surface area contributed by atoms with E-state index in [0.717, 1.165) is 35.6 Å². The summed E-state index contributed by atoms with van der Waals surface area (Å²) in [5.74, 6) is 0.242. The van der Waals surface area contributed by atoms with Crippen LogP contribution in [-0.4, -0.2) is 35.8 Å². The number of unbranched alkanes of at least 4 members (excludes halogenated alkanes) is 1. The van der Waals surface area contributed by atoms with Crippen LogP contribution in [0.5, 0.6) is 5.75 Å². The summed E-state index contributed by atoms with van der Waals surface area (Å²) in [6, 6.07) is 5.00. The number of rotatable bonds is 8. The summed E-state index contributed by atoms with van der Waals surface area (Å²) in [7, 11) is 1.53. The number of carbonyl (C=O) groups is 2. The van der Waals surface area contributed by atoms with Gasteiger partial charge in [-0.05, 0) is 37.5 Å². The van der Waals surface area contributed by atoms with Gasteiger partial charge in [0.1, 0.15) is 11.4 Å². The monoisotopic (exact) mass is 434 g/mol. The SMILES string of the molecule is CCCCN1C(=CC(=O)c2cc(Cl)ccc2OC)SC2=C1C(=O)NC2(CC)CC. The number of nitrogens with zero attached hydrogens (tertiary/aromatic N) is 1. The van der Waals surface area contributed by atoms with Gasteiger partial charge in [-0.2, -0.15) is 0 Å². The summed E-state index contributed by atoms with van der Waals surface area (Å²) in [6.45, 7) is 6.98. The van der Waals surface area contributed by atoms with E-state index in [0.29, 0.717) is 28.6 Å². The Bertz CT molecular complexity index is 890. The number of halogens is 1. The van der Waals surface area contributed by atoms with Crippen molar-refractivity contribution in [3.63, 3.8) is 0 Å². The largest absolute Gasteiger partial charge is 0.496 e. The van der Waals surface area contributed by atoms with Gasteiger partial charge in [-0.1, -0.05) is 50.6 Å². The highest BCUT2D eigenvalue weighted by atomic mass is 35.5. The van der Waals surface area contributed by atoms with E-state index in [1.807, 2.05) is 4.90 Å². The molecule has 0 saturated carbocycles. The molecule has 1 aromatic carbocycles. The third-order valence-corrected chi connectivity index (χ3v) is 7.15. The fraction of sp³-hybridized carbons (Fsp3) is 0.455. The maximum Gasteiger partial charge on any atom is 0.269 e. The van der Waals surface area contributed by atoms with E-state index in [4.69, 9.17) is 16.3 Å². The molecule has 5 nitrogen and oxygen atoms in total. The van der Waals surface area contributed by atoms with Crippen molar-refractivity contribution in [1.82, 2.24) is 10.2 Å². The predicted molar refractivity (Wildman–Crippen MR) is 118 cm³/mol. The lowest BCUT2D eigenvalue weighted by Gasteiger charge is -2.29. The van der Waals surface area contributed by atoms with Crippen molar-refractivity contribution in [3.8, 4) is 5.75 Å². The molecule has 0 unspecified atom stereocenters. The van der Waals surface area contributed by atoms with E-state index in [1.54, 1.807) is 24.3 Å². The fourth-order valence-corrected chi connectivity index (χ4v) is 5.45. The quantitative estimate of drug-likeness (QED) is 0.454. The Hall–Kier alpha value is -1.92. The maximum absolute atomic E-state index is 13.1. The Morgan fingerprint density at radius 3 is 2.66 bits per heavy atom. The van der Waals surface area contributed by atoms with Crippen LogP contribution in [0.15, 0.2) is 39.9 Å². The number of nitrogens with one attached hydrogen (secondary N) is 1. The third kappa shape index (κ3) is 3.92. The molecule has 0 bridgehead atoms. The van der Waals surface area contributed by atoms with Crippen molar-refractivity contribution in [3.05, 3.63) is 50.5 Å². The minimum atomic E-state index is -0.353. The van der Waals surface area contributed by atoms with Gasteiger partial charge < -0.3 is 15.0 Å². The normalized spacial score (nSPS) is 19.0. The highest BCUT2D eigenvalue weighted by molar-refractivity contribution is 8.07.